The lowest BCUT2D eigenvalue weighted by Crippen LogP contribution is -2.41. The van der Waals surface area contributed by atoms with E-state index in [1.807, 2.05) is 43.3 Å². The number of hydrogen-bond donors (Lipinski definition) is 1. The molecule has 25 heavy (non-hydrogen) atoms. The molecule has 1 aliphatic rings. The molecule has 0 saturated heterocycles. The van der Waals surface area contributed by atoms with Gasteiger partial charge in [0.25, 0.3) is 0 Å². The number of hydrogen-bond acceptors (Lipinski definition) is 4. The molecule has 1 heterocycles. The summed E-state index contributed by atoms with van der Waals surface area (Å²) in [5.41, 5.74) is 3.79. The molecule has 0 unspecified atom stereocenters. The summed E-state index contributed by atoms with van der Waals surface area (Å²) in [7, 11) is 0. The number of esters is 1. The maximum atomic E-state index is 12.4. The number of ether oxygens (including phenoxy) is 1. The lowest BCUT2D eigenvalue weighted by Gasteiger charge is -2.29. The van der Waals surface area contributed by atoms with E-state index < -0.39 is 0 Å². The summed E-state index contributed by atoms with van der Waals surface area (Å²) in [6.45, 7) is 6.38. The fraction of sp³-hybridized carbons (Fsp3) is 0.300. The number of anilines is 2. The molecule has 0 fully saturated rings. The van der Waals surface area contributed by atoms with Crippen LogP contribution in [-0.4, -0.2) is 25.0 Å². The zero-order chi connectivity index (χ0) is 18.0. The second-order valence-corrected chi connectivity index (χ2v) is 6.63. The molecule has 2 aromatic rings. The van der Waals surface area contributed by atoms with Gasteiger partial charge in [0, 0.05) is 5.69 Å². The third-order valence-corrected chi connectivity index (χ3v) is 4.19. The van der Waals surface area contributed by atoms with E-state index in [1.54, 1.807) is 11.0 Å². The standard InChI is InChI=1S/C20H22N2O3/c1-13(2)15-5-7-16(8-6-15)21-19(23)11-22-12-20(24)25-18-9-4-14(3)10-17(18)22/h4-10,13H,11-12H2,1-3H3,(H,21,23). The molecule has 1 aliphatic heterocycles. The Morgan fingerprint density at radius 3 is 2.60 bits per heavy atom. The van der Waals surface area contributed by atoms with E-state index in [1.165, 1.54) is 5.56 Å². The second-order valence-electron chi connectivity index (χ2n) is 6.63. The minimum absolute atomic E-state index is 0.0656. The third-order valence-electron chi connectivity index (χ3n) is 4.19. The van der Waals surface area contributed by atoms with Crippen molar-refractivity contribution in [2.45, 2.75) is 26.7 Å². The molecule has 0 aliphatic carbocycles. The van der Waals surface area contributed by atoms with Gasteiger partial charge in [-0.1, -0.05) is 32.0 Å². The maximum absolute atomic E-state index is 12.4. The quantitative estimate of drug-likeness (QED) is 0.685. The van der Waals surface area contributed by atoms with Gasteiger partial charge in [0.1, 0.15) is 6.54 Å². The Labute approximate surface area is 147 Å². The Bertz CT molecular complexity index is 797. The predicted molar refractivity (Wildman–Crippen MR) is 98.2 cm³/mol. The molecular formula is C20H22N2O3. The van der Waals surface area contributed by atoms with Crippen LogP contribution >= 0.6 is 0 Å². The van der Waals surface area contributed by atoms with Crippen LogP contribution in [0.5, 0.6) is 5.75 Å². The van der Waals surface area contributed by atoms with Gasteiger partial charge in [0.2, 0.25) is 5.91 Å². The average molecular weight is 338 g/mol. The minimum atomic E-state index is -0.356. The van der Waals surface area contributed by atoms with E-state index in [-0.39, 0.29) is 25.0 Å². The van der Waals surface area contributed by atoms with Gasteiger partial charge >= 0.3 is 5.97 Å². The van der Waals surface area contributed by atoms with E-state index in [2.05, 4.69) is 19.2 Å². The second kappa shape index (κ2) is 6.97. The van der Waals surface area contributed by atoms with E-state index in [4.69, 9.17) is 4.74 Å². The van der Waals surface area contributed by atoms with Crippen LogP contribution < -0.4 is 15.0 Å². The normalized spacial score (nSPS) is 13.4. The molecule has 2 aromatic carbocycles. The van der Waals surface area contributed by atoms with Crippen LogP contribution in [0.2, 0.25) is 0 Å². The van der Waals surface area contributed by atoms with Gasteiger partial charge in [-0.25, -0.2) is 4.79 Å². The molecule has 0 saturated carbocycles. The monoisotopic (exact) mass is 338 g/mol. The van der Waals surface area contributed by atoms with Crippen molar-refractivity contribution in [3.05, 3.63) is 53.6 Å². The number of rotatable bonds is 4. The van der Waals surface area contributed by atoms with Crippen LogP contribution in [0.15, 0.2) is 42.5 Å². The lowest BCUT2D eigenvalue weighted by molar-refractivity contribution is -0.133. The highest BCUT2D eigenvalue weighted by Gasteiger charge is 2.25. The number of fused-ring (bicyclic) bond motifs is 1. The first-order chi connectivity index (χ1) is 11.9. The van der Waals surface area contributed by atoms with Crippen molar-refractivity contribution in [2.24, 2.45) is 0 Å². The lowest BCUT2D eigenvalue weighted by atomic mass is 10.0. The maximum Gasteiger partial charge on any atom is 0.331 e. The van der Waals surface area contributed by atoms with Crippen molar-refractivity contribution < 1.29 is 14.3 Å². The Morgan fingerprint density at radius 1 is 1.20 bits per heavy atom. The number of carbonyl (C=O) groups excluding carboxylic acids is 2. The van der Waals surface area contributed by atoms with Gasteiger partial charge < -0.3 is 15.0 Å². The number of carbonyl (C=O) groups is 2. The topological polar surface area (TPSA) is 58.6 Å². The molecular weight excluding hydrogens is 316 g/mol. The van der Waals surface area contributed by atoms with Gasteiger partial charge in [-0.15, -0.1) is 0 Å². The van der Waals surface area contributed by atoms with Crippen LogP contribution in [0.3, 0.4) is 0 Å². The molecule has 1 N–H and O–H groups in total. The largest absolute Gasteiger partial charge is 0.423 e. The smallest absolute Gasteiger partial charge is 0.331 e. The van der Waals surface area contributed by atoms with Gasteiger partial charge in [-0.3, -0.25) is 4.79 Å². The van der Waals surface area contributed by atoms with Crippen LogP contribution in [0.4, 0.5) is 11.4 Å². The summed E-state index contributed by atoms with van der Waals surface area (Å²) in [6, 6.07) is 13.4. The molecule has 5 heteroatoms. The molecule has 130 valence electrons. The van der Waals surface area contributed by atoms with Gasteiger partial charge in [-0.2, -0.15) is 0 Å². The first-order valence-corrected chi connectivity index (χ1v) is 8.38. The van der Waals surface area contributed by atoms with Crippen LogP contribution in [0.25, 0.3) is 0 Å². The van der Waals surface area contributed by atoms with Crippen LogP contribution in [0, 0.1) is 6.92 Å². The highest BCUT2D eigenvalue weighted by Crippen LogP contribution is 2.32. The molecule has 0 aromatic heterocycles. The fourth-order valence-corrected chi connectivity index (χ4v) is 2.82. The first-order valence-electron chi connectivity index (χ1n) is 8.38. The minimum Gasteiger partial charge on any atom is -0.423 e. The predicted octanol–water partition coefficient (Wildman–Crippen LogP) is 3.48. The summed E-state index contributed by atoms with van der Waals surface area (Å²) in [5.74, 6) is 0.421. The van der Waals surface area contributed by atoms with Gasteiger partial charge in [-0.05, 0) is 48.2 Å². The highest BCUT2D eigenvalue weighted by molar-refractivity contribution is 5.96. The molecule has 3 rings (SSSR count). The van der Waals surface area contributed by atoms with Crippen LogP contribution in [0.1, 0.15) is 30.9 Å². The molecule has 0 atom stereocenters. The first kappa shape index (κ1) is 17.0. The van der Waals surface area contributed by atoms with Crippen molar-refractivity contribution in [3.8, 4) is 5.75 Å². The van der Waals surface area contributed by atoms with Crippen molar-refractivity contribution in [3.63, 3.8) is 0 Å². The van der Waals surface area contributed by atoms with E-state index in [9.17, 15) is 9.59 Å². The summed E-state index contributed by atoms with van der Waals surface area (Å²) in [6.07, 6.45) is 0. The number of nitrogens with one attached hydrogen (secondary N) is 1. The molecule has 0 spiro atoms. The van der Waals surface area contributed by atoms with Crippen molar-refractivity contribution in [1.82, 2.24) is 0 Å². The number of amides is 1. The van der Waals surface area contributed by atoms with E-state index >= 15 is 0 Å². The van der Waals surface area contributed by atoms with Crippen molar-refractivity contribution in [1.29, 1.82) is 0 Å². The van der Waals surface area contributed by atoms with Gasteiger partial charge in [0.05, 0.1) is 12.2 Å². The third kappa shape index (κ3) is 3.99. The zero-order valence-corrected chi connectivity index (χ0v) is 14.7. The molecule has 1 amide bonds. The number of benzene rings is 2. The van der Waals surface area contributed by atoms with Crippen LogP contribution in [-0.2, 0) is 9.59 Å². The van der Waals surface area contributed by atoms with E-state index in [0.717, 1.165) is 16.9 Å². The highest BCUT2D eigenvalue weighted by atomic mass is 16.5. The summed E-state index contributed by atoms with van der Waals surface area (Å²) >= 11 is 0. The Hall–Kier alpha value is -2.82. The summed E-state index contributed by atoms with van der Waals surface area (Å²) in [5, 5.41) is 2.88. The van der Waals surface area contributed by atoms with E-state index in [0.29, 0.717) is 11.7 Å². The molecule has 5 nitrogen and oxygen atoms in total. The Morgan fingerprint density at radius 2 is 1.92 bits per heavy atom. The molecule has 0 bridgehead atoms. The Kier molecular flexibility index (Phi) is 4.74. The zero-order valence-electron chi connectivity index (χ0n) is 14.7. The van der Waals surface area contributed by atoms with Crippen molar-refractivity contribution in [2.75, 3.05) is 23.3 Å². The molecule has 0 radical (unpaired) electrons. The number of nitrogens with zero attached hydrogens (tertiary/aromatic N) is 1. The van der Waals surface area contributed by atoms with Gasteiger partial charge in [0.15, 0.2) is 5.75 Å². The van der Waals surface area contributed by atoms with Crippen molar-refractivity contribution >= 4 is 23.3 Å². The average Bonchev–Trinajstić information content (AvgIpc) is 2.56. The number of aryl methyl sites for hydroxylation is 1. The summed E-state index contributed by atoms with van der Waals surface area (Å²) < 4.78 is 5.24. The SMILES string of the molecule is Cc1ccc2c(c1)N(CC(=O)Nc1ccc(C(C)C)cc1)CC(=O)O2. The fourth-order valence-electron chi connectivity index (χ4n) is 2.82. The Balaban J connectivity index is 1.71. The summed E-state index contributed by atoms with van der Waals surface area (Å²) in [4.78, 5) is 25.9.